The van der Waals surface area contributed by atoms with E-state index in [4.69, 9.17) is 16.6 Å². The van der Waals surface area contributed by atoms with Gasteiger partial charge in [-0.05, 0) is 5.18 Å². The maximum absolute atomic E-state index is 10.3. The number of carboxylic acids is 1. The van der Waals surface area contributed by atoms with Gasteiger partial charge >= 0.3 is 5.97 Å². The van der Waals surface area contributed by atoms with Crippen molar-refractivity contribution >= 4 is 35.1 Å². The Balaban J connectivity index is 2.93. The van der Waals surface area contributed by atoms with Crippen LogP contribution in [0.4, 0.5) is 17.3 Å². The van der Waals surface area contributed by atoms with Crippen LogP contribution < -0.4 is 11.5 Å². The van der Waals surface area contributed by atoms with E-state index in [1.165, 1.54) is 0 Å². The molecule has 0 aliphatic rings. The Kier molecular flexibility index (Phi) is 3.39. The lowest BCUT2D eigenvalue weighted by molar-refractivity contribution is -0.133. The quantitative estimate of drug-likeness (QED) is 0.377. The molecule has 1 aromatic rings. The third-order valence-corrected chi connectivity index (χ3v) is 2.17. The molecule has 15 heavy (non-hydrogen) atoms. The fourth-order valence-corrected chi connectivity index (χ4v) is 1.33. The number of hydrogen-bond donors (Lipinski definition) is 3. The van der Waals surface area contributed by atoms with Crippen LogP contribution in [0.15, 0.2) is 10.3 Å². The molecule has 9 heteroatoms. The van der Waals surface area contributed by atoms with Crippen molar-refractivity contribution in [3.8, 4) is 0 Å². The molecule has 5 N–H and O–H groups in total. The molecule has 0 aliphatic carbocycles. The zero-order chi connectivity index (χ0) is 11.4. The van der Waals surface area contributed by atoms with Crippen LogP contribution in [-0.2, 0) is 4.79 Å². The highest BCUT2D eigenvalue weighted by atomic mass is 32.2. The van der Waals surface area contributed by atoms with Gasteiger partial charge in [0.25, 0.3) is 0 Å². The Morgan fingerprint density at radius 1 is 1.40 bits per heavy atom. The minimum Gasteiger partial charge on any atom is -0.481 e. The summed E-state index contributed by atoms with van der Waals surface area (Å²) in [5, 5.41) is 11.1. The van der Waals surface area contributed by atoms with E-state index in [1.54, 1.807) is 0 Å². The van der Waals surface area contributed by atoms with Gasteiger partial charge in [-0.3, -0.25) is 4.79 Å². The number of nitroso groups, excluding NO2 is 1. The number of rotatable bonds is 4. The summed E-state index contributed by atoms with van der Waals surface area (Å²) >= 11 is 0.851. The first kappa shape index (κ1) is 11.2. The van der Waals surface area contributed by atoms with Crippen molar-refractivity contribution in [2.24, 2.45) is 5.18 Å². The van der Waals surface area contributed by atoms with Gasteiger partial charge in [0, 0.05) is 0 Å². The first-order chi connectivity index (χ1) is 7.04. The fourth-order valence-electron chi connectivity index (χ4n) is 0.753. The van der Waals surface area contributed by atoms with Gasteiger partial charge in [0.1, 0.15) is 0 Å². The molecule has 0 saturated carbocycles. The summed E-state index contributed by atoms with van der Waals surface area (Å²) in [6.07, 6.45) is 0. The SMILES string of the molecule is Nc1nc(SCC(=O)O)nc(N)c1N=O. The number of hydrogen-bond acceptors (Lipinski definition) is 8. The molecule has 0 aromatic carbocycles. The van der Waals surface area contributed by atoms with Crippen molar-refractivity contribution in [3.05, 3.63) is 4.91 Å². The van der Waals surface area contributed by atoms with Gasteiger partial charge in [0.15, 0.2) is 22.5 Å². The second-order valence-electron chi connectivity index (χ2n) is 2.40. The third kappa shape index (κ3) is 2.77. The highest BCUT2D eigenvalue weighted by molar-refractivity contribution is 7.99. The van der Waals surface area contributed by atoms with Crippen molar-refractivity contribution in [2.75, 3.05) is 17.2 Å². The number of thioether (sulfide) groups is 1. The van der Waals surface area contributed by atoms with E-state index in [9.17, 15) is 9.70 Å². The predicted molar refractivity (Wildman–Crippen MR) is 54.7 cm³/mol. The smallest absolute Gasteiger partial charge is 0.313 e. The van der Waals surface area contributed by atoms with E-state index in [0.717, 1.165) is 11.8 Å². The molecule has 0 unspecified atom stereocenters. The minimum absolute atomic E-state index is 0.0970. The molecule has 0 bridgehead atoms. The van der Waals surface area contributed by atoms with E-state index < -0.39 is 5.97 Å². The molecule has 1 rings (SSSR count). The molecular weight excluding hydrogens is 222 g/mol. The van der Waals surface area contributed by atoms with E-state index in [2.05, 4.69) is 15.1 Å². The summed E-state index contributed by atoms with van der Waals surface area (Å²) in [4.78, 5) is 27.8. The average molecular weight is 229 g/mol. The number of aromatic nitrogens is 2. The molecule has 1 aromatic heterocycles. The van der Waals surface area contributed by atoms with Crippen molar-refractivity contribution in [1.82, 2.24) is 9.97 Å². The van der Waals surface area contributed by atoms with Crippen molar-refractivity contribution in [3.63, 3.8) is 0 Å². The lowest BCUT2D eigenvalue weighted by atomic mass is 10.4. The normalized spacial score (nSPS) is 9.87. The number of nitrogens with two attached hydrogens (primary N) is 2. The van der Waals surface area contributed by atoms with E-state index in [1.807, 2.05) is 0 Å². The van der Waals surface area contributed by atoms with Crippen LogP contribution in [0.1, 0.15) is 0 Å². The second kappa shape index (κ2) is 4.55. The van der Waals surface area contributed by atoms with Crippen molar-refractivity contribution in [1.29, 1.82) is 0 Å². The standard InChI is InChI=1S/C6H7N5O3S/c7-4-3(11-14)5(8)10-6(9-4)15-1-2(12)13/h1H2,(H,12,13)(H4,7,8,9,10). The summed E-state index contributed by atoms with van der Waals surface area (Å²) in [5.41, 5.74) is 10.5. The van der Waals surface area contributed by atoms with Crippen molar-refractivity contribution < 1.29 is 9.90 Å². The van der Waals surface area contributed by atoms with Crippen LogP contribution >= 0.6 is 11.8 Å². The number of carboxylic acid groups (broad SMARTS) is 1. The summed E-state index contributed by atoms with van der Waals surface area (Å²) in [6.45, 7) is 0. The summed E-state index contributed by atoms with van der Waals surface area (Å²) in [5.74, 6) is -1.55. The summed E-state index contributed by atoms with van der Waals surface area (Å²) in [7, 11) is 0. The average Bonchev–Trinajstić information content (AvgIpc) is 2.14. The Labute approximate surface area is 88.1 Å². The number of nitrogen functional groups attached to an aromatic ring is 2. The van der Waals surface area contributed by atoms with E-state index >= 15 is 0 Å². The molecule has 0 radical (unpaired) electrons. The van der Waals surface area contributed by atoms with E-state index in [-0.39, 0.29) is 28.2 Å². The van der Waals surface area contributed by atoms with Gasteiger partial charge < -0.3 is 16.6 Å². The van der Waals surface area contributed by atoms with Gasteiger partial charge in [0.05, 0.1) is 5.75 Å². The number of nitrogens with zero attached hydrogens (tertiary/aromatic N) is 3. The van der Waals surface area contributed by atoms with Crippen LogP contribution in [0.3, 0.4) is 0 Å². The maximum Gasteiger partial charge on any atom is 0.313 e. The Bertz CT molecular complexity index is 387. The molecule has 8 nitrogen and oxygen atoms in total. The topological polar surface area (TPSA) is 145 Å². The second-order valence-corrected chi connectivity index (χ2v) is 3.34. The molecule has 80 valence electrons. The summed E-state index contributed by atoms with van der Waals surface area (Å²) in [6, 6.07) is 0. The van der Waals surface area contributed by atoms with Crippen LogP contribution in [0.2, 0.25) is 0 Å². The number of aliphatic carboxylic acids is 1. The lowest BCUT2D eigenvalue weighted by Gasteiger charge is -2.02. The molecule has 0 saturated heterocycles. The Morgan fingerprint density at radius 3 is 2.33 bits per heavy atom. The molecule has 0 aliphatic heterocycles. The van der Waals surface area contributed by atoms with Gasteiger partial charge in [0.2, 0.25) is 0 Å². The first-order valence-electron chi connectivity index (χ1n) is 3.65. The molecular formula is C6H7N5O3S. The van der Waals surface area contributed by atoms with Crippen LogP contribution in [0.5, 0.6) is 0 Å². The largest absolute Gasteiger partial charge is 0.481 e. The zero-order valence-corrected chi connectivity index (χ0v) is 8.19. The van der Waals surface area contributed by atoms with Gasteiger partial charge in [-0.2, -0.15) is 0 Å². The number of carbonyl (C=O) groups is 1. The first-order valence-corrected chi connectivity index (χ1v) is 4.64. The van der Waals surface area contributed by atoms with E-state index in [0.29, 0.717) is 0 Å². The van der Waals surface area contributed by atoms with Crippen LogP contribution in [0.25, 0.3) is 0 Å². The summed E-state index contributed by atoms with van der Waals surface area (Å²) < 4.78 is 0. The van der Waals surface area contributed by atoms with Crippen LogP contribution in [0, 0.1) is 4.91 Å². The number of anilines is 2. The Morgan fingerprint density at radius 2 is 1.93 bits per heavy atom. The fraction of sp³-hybridized carbons (Fsp3) is 0.167. The molecule has 0 spiro atoms. The molecule has 0 fully saturated rings. The monoisotopic (exact) mass is 229 g/mol. The van der Waals surface area contributed by atoms with Gasteiger partial charge in [-0.25, -0.2) is 9.97 Å². The highest BCUT2D eigenvalue weighted by Crippen LogP contribution is 2.28. The lowest BCUT2D eigenvalue weighted by Crippen LogP contribution is -2.03. The maximum atomic E-state index is 10.3. The third-order valence-electron chi connectivity index (χ3n) is 1.33. The van der Waals surface area contributed by atoms with Gasteiger partial charge in [-0.15, -0.1) is 4.91 Å². The van der Waals surface area contributed by atoms with Gasteiger partial charge in [-0.1, -0.05) is 11.8 Å². The molecule has 0 atom stereocenters. The molecule has 0 amide bonds. The highest BCUT2D eigenvalue weighted by Gasteiger charge is 2.11. The van der Waals surface area contributed by atoms with Crippen LogP contribution in [-0.4, -0.2) is 26.8 Å². The zero-order valence-electron chi connectivity index (χ0n) is 7.38. The minimum atomic E-state index is -1.02. The molecule has 1 heterocycles. The van der Waals surface area contributed by atoms with Crippen molar-refractivity contribution in [2.45, 2.75) is 5.16 Å². The Hall–Kier alpha value is -1.90. The predicted octanol–water partition coefficient (Wildman–Crippen LogP) is 0.216.